The number of carbonyl (C=O) groups excluding carboxylic acids is 1. The van der Waals surface area contributed by atoms with Crippen LogP contribution < -0.4 is 20.1 Å². The highest BCUT2D eigenvalue weighted by atomic mass is 32.2. The number of alkyl halides is 3. The van der Waals surface area contributed by atoms with Gasteiger partial charge in [0.2, 0.25) is 11.0 Å². The number of nitrogens with zero attached hydrogens (tertiary/aromatic N) is 2. The van der Waals surface area contributed by atoms with E-state index in [1.807, 2.05) is 24.3 Å². The monoisotopic (exact) mass is 456 g/mol. The lowest BCUT2D eigenvalue weighted by molar-refractivity contribution is -0.274. The molecule has 2 N–H and O–H groups in total. The van der Waals surface area contributed by atoms with Crippen molar-refractivity contribution in [1.29, 1.82) is 0 Å². The number of nitrogens with one attached hydrogen (secondary N) is 2. The van der Waals surface area contributed by atoms with Gasteiger partial charge in [-0.3, -0.25) is 4.79 Å². The fourth-order valence-corrected chi connectivity index (χ4v) is 3.78. The molecule has 0 fully saturated rings. The molecule has 0 saturated heterocycles. The van der Waals surface area contributed by atoms with Gasteiger partial charge in [0.1, 0.15) is 11.5 Å². The fourth-order valence-electron chi connectivity index (χ4n) is 2.21. The number of thioether (sulfide) groups is 1. The van der Waals surface area contributed by atoms with Crippen LogP contribution in [0.15, 0.2) is 52.9 Å². The number of hydrogen-bond donors (Lipinski definition) is 2. The number of anilines is 3. The van der Waals surface area contributed by atoms with Crippen molar-refractivity contribution >= 4 is 45.5 Å². The van der Waals surface area contributed by atoms with Crippen LogP contribution in [-0.4, -0.2) is 35.3 Å². The van der Waals surface area contributed by atoms with E-state index in [9.17, 15) is 18.0 Å². The van der Waals surface area contributed by atoms with E-state index in [1.54, 1.807) is 7.11 Å². The topological polar surface area (TPSA) is 85.4 Å². The number of rotatable bonds is 8. The van der Waals surface area contributed by atoms with Crippen LogP contribution in [0, 0.1) is 0 Å². The van der Waals surface area contributed by atoms with Crippen molar-refractivity contribution in [1.82, 2.24) is 10.2 Å². The summed E-state index contributed by atoms with van der Waals surface area (Å²) in [5.74, 6) is 0.0739. The highest BCUT2D eigenvalue weighted by molar-refractivity contribution is 8.01. The summed E-state index contributed by atoms with van der Waals surface area (Å²) in [6.07, 6.45) is -4.76. The Morgan fingerprint density at radius 3 is 2.57 bits per heavy atom. The first-order valence-corrected chi connectivity index (χ1v) is 10.1. The van der Waals surface area contributed by atoms with Gasteiger partial charge >= 0.3 is 6.36 Å². The van der Waals surface area contributed by atoms with Gasteiger partial charge in [-0.15, -0.1) is 23.4 Å². The number of benzene rings is 2. The van der Waals surface area contributed by atoms with Crippen LogP contribution >= 0.6 is 23.1 Å². The van der Waals surface area contributed by atoms with E-state index in [1.165, 1.54) is 35.2 Å². The van der Waals surface area contributed by atoms with Crippen LogP contribution in [0.3, 0.4) is 0 Å². The first-order chi connectivity index (χ1) is 14.3. The van der Waals surface area contributed by atoms with Gasteiger partial charge in [0.05, 0.1) is 12.9 Å². The van der Waals surface area contributed by atoms with Crippen molar-refractivity contribution in [2.75, 3.05) is 23.5 Å². The van der Waals surface area contributed by atoms with Gasteiger partial charge in [0, 0.05) is 17.4 Å². The van der Waals surface area contributed by atoms with Crippen molar-refractivity contribution in [3.8, 4) is 11.5 Å². The zero-order valence-electron chi connectivity index (χ0n) is 15.4. The van der Waals surface area contributed by atoms with Gasteiger partial charge in [0.25, 0.3) is 0 Å². The molecule has 0 radical (unpaired) electrons. The first kappa shape index (κ1) is 21.7. The number of methoxy groups -OCH3 is 1. The van der Waals surface area contributed by atoms with Gasteiger partial charge < -0.3 is 20.1 Å². The van der Waals surface area contributed by atoms with E-state index in [0.29, 0.717) is 20.9 Å². The summed E-state index contributed by atoms with van der Waals surface area (Å²) >= 11 is 2.47. The maximum absolute atomic E-state index is 12.2. The summed E-state index contributed by atoms with van der Waals surface area (Å²) in [6, 6.07) is 12.2. The number of aromatic nitrogens is 2. The maximum Gasteiger partial charge on any atom is 0.573 e. The molecule has 0 unspecified atom stereocenters. The largest absolute Gasteiger partial charge is 0.573 e. The highest BCUT2D eigenvalue weighted by Crippen LogP contribution is 2.29. The number of hydrogen-bond acceptors (Lipinski definition) is 8. The molecule has 1 amide bonds. The molecule has 1 heterocycles. The Bertz CT molecular complexity index is 997. The van der Waals surface area contributed by atoms with Crippen molar-refractivity contribution in [3.63, 3.8) is 0 Å². The summed E-state index contributed by atoms with van der Waals surface area (Å²) in [5.41, 5.74) is 1.14. The highest BCUT2D eigenvalue weighted by Gasteiger charge is 2.30. The van der Waals surface area contributed by atoms with Crippen LogP contribution in [0.2, 0.25) is 0 Å². The number of halogens is 3. The van der Waals surface area contributed by atoms with Gasteiger partial charge in [-0.25, -0.2) is 0 Å². The lowest BCUT2D eigenvalue weighted by Crippen LogP contribution is -2.17. The number of ether oxygens (including phenoxy) is 2. The molecule has 0 aliphatic rings. The zero-order chi connectivity index (χ0) is 21.6. The quantitative estimate of drug-likeness (QED) is 0.466. The molecule has 0 atom stereocenters. The molecule has 2 aromatic carbocycles. The minimum absolute atomic E-state index is 0.0641. The Hall–Kier alpha value is -2.99. The lowest BCUT2D eigenvalue weighted by atomic mass is 10.3. The van der Waals surface area contributed by atoms with Gasteiger partial charge in [0.15, 0.2) is 4.34 Å². The van der Waals surface area contributed by atoms with Crippen LogP contribution in [-0.2, 0) is 4.79 Å². The predicted octanol–water partition coefficient (Wildman–Crippen LogP) is 4.92. The van der Waals surface area contributed by atoms with Crippen LogP contribution in [0.5, 0.6) is 11.5 Å². The minimum Gasteiger partial charge on any atom is -0.497 e. The molecule has 158 valence electrons. The van der Waals surface area contributed by atoms with E-state index < -0.39 is 6.36 Å². The average molecular weight is 456 g/mol. The number of amides is 1. The molecule has 3 aromatic rings. The third-order valence-corrected chi connectivity index (χ3v) is 5.40. The Labute approximate surface area is 177 Å². The molecule has 7 nitrogen and oxygen atoms in total. The summed E-state index contributed by atoms with van der Waals surface area (Å²) in [6.45, 7) is 0. The van der Waals surface area contributed by atoms with Crippen LogP contribution in [0.4, 0.5) is 29.7 Å². The average Bonchev–Trinajstić information content (AvgIpc) is 3.14. The van der Waals surface area contributed by atoms with E-state index in [0.717, 1.165) is 17.8 Å². The predicted molar refractivity (Wildman–Crippen MR) is 109 cm³/mol. The normalized spacial score (nSPS) is 11.1. The van der Waals surface area contributed by atoms with Crippen LogP contribution in [0.1, 0.15) is 0 Å². The molecule has 0 aliphatic heterocycles. The second-order valence-electron chi connectivity index (χ2n) is 5.64. The second kappa shape index (κ2) is 9.67. The molecule has 3 rings (SSSR count). The fraction of sp³-hybridized carbons (Fsp3) is 0.167. The lowest BCUT2D eigenvalue weighted by Gasteiger charge is -2.09. The Morgan fingerprint density at radius 2 is 1.87 bits per heavy atom. The van der Waals surface area contributed by atoms with E-state index in [2.05, 4.69) is 25.6 Å². The number of carbonyl (C=O) groups is 1. The van der Waals surface area contributed by atoms with Crippen molar-refractivity contribution < 1.29 is 27.4 Å². The van der Waals surface area contributed by atoms with Gasteiger partial charge in [-0.2, -0.15) is 0 Å². The summed E-state index contributed by atoms with van der Waals surface area (Å²) < 4.78 is 46.0. The maximum atomic E-state index is 12.2. The standard InChI is InChI=1S/C18H15F3N4O3S2/c1-27-14-4-2-3-12(9-14)23-16-24-25-17(30-16)29-10-15(26)22-11-5-7-13(8-6-11)28-18(19,20)21/h2-9H,10H2,1H3,(H,22,26)(H,23,24). The van der Waals surface area contributed by atoms with E-state index in [-0.39, 0.29) is 17.4 Å². The Balaban J connectivity index is 1.48. The molecule has 1 aromatic heterocycles. The van der Waals surface area contributed by atoms with Crippen molar-refractivity contribution in [3.05, 3.63) is 48.5 Å². The summed E-state index contributed by atoms with van der Waals surface area (Å²) in [7, 11) is 1.58. The van der Waals surface area contributed by atoms with E-state index >= 15 is 0 Å². The zero-order valence-corrected chi connectivity index (χ0v) is 17.0. The molecular formula is C18H15F3N4O3S2. The Kier molecular flexibility index (Phi) is 7.00. The molecule has 12 heteroatoms. The smallest absolute Gasteiger partial charge is 0.497 e. The Morgan fingerprint density at radius 1 is 1.10 bits per heavy atom. The molecule has 0 spiro atoms. The van der Waals surface area contributed by atoms with Gasteiger partial charge in [-0.1, -0.05) is 29.2 Å². The molecule has 0 aliphatic carbocycles. The molecule has 0 bridgehead atoms. The van der Waals surface area contributed by atoms with Gasteiger partial charge in [-0.05, 0) is 36.4 Å². The van der Waals surface area contributed by atoms with Crippen LogP contribution in [0.25, 0.3) is 0 Å². The summed E-state index contributed by atoms with van der Waals surface area (Å²) in [5, 5.41) is 14.3. The first-order valence-electron chi connectivity index (χ1n) is 8.34. The summed E-state index contributed by atoms with van der Waals surface area (Å²) in [4.78, 5) is 12.1. The van der Waals surface area contributed by atoms with Crippen molar-refractivity contribution in [2.24, 2.45) is 0 Å². The minimum atomic E-state index is -4.76. The van der Waals surface area contributed by atoms with E-state index in [4.69, 9.17) is 4.74 Å². The third kappa shape index (κ3) is 6.81. The SMILES string of the molecule is COc1cccc(Nc2nnc(SCC(=O)Nc3ccc(OC(F)(F)F)cc3)s2)c1. The van der Waals surface area contributed by atoms with Crippen molar-refractivity contribution in [2.45, 2.75) is 10.7 Å². The molecular weight excluding hydrogens is 441 g/mol. The second-order valence-corrected chi connectivity index (χ2v) is 7.84. The molecule has 30 heavy (non-hydrogen) atoms. The molecule has 0 saturated carbocycles. The third-order valence-electron chi connectivity index (χ3n) is 3.43.